The molecule has 1 aromatic heterocycles. The Bertz CT molecular complexity index is 516. The molecule has 0 radical (unpaired) electrons. The second kappa shape index (κ2) is 6.55. The van der Waals surface area contributed by atoms with Crippen molar-refractivity contribution < 1.29 is 4.79 Å². The van der Waals surface area contributed by atoms with Gasteiger partial charge in [0.2, 0.25) is 5.91 Å². The van der Waals surface area contributed by atoms with E-state index in [4.69, 9.17) is 5.26 Å². The number of aryl methyl sites for hydroxylation is 2. The lowest BCUT2D eigenvalue weighted by atomic mass is 10.3. The molecule has 0 saturated heterocycles. The highest BCUT2D eigenvalue weighted by Crippen LogP contribution is 1.95. The second-order valence-electron chi connectivity index (χ2n) is 4.04. The molecule has 0 aromatic carbocycles. The van der Waals surface area contributed by atoms with E-state index >= 15 is 0 Å². The molecule has 0 aliphatic carbocycles. The van der Waals surface area contributed by atoms with Crippen molar-refractivity contribution in [1.29, 1.82) is 5.26 Å². The molecule has 1 amide bonds. The zero-order chi connectivity index (χ0) is 13.5. The van der Waals surface area contributed by atoms with Crippen molar-refractivity contribution >= 4 is 5.91 Å². The van der Waals surface area contributed by atoms with E-state index in [0.717, 1.165) is 0 Å². The lowest BCUT2D eigenvalue weighted by molar-refractivity contribution is -0.130. The summed E-state index contributed by atoms with van der Waals surface area (Å²) in [7, 11) is 1.65. The Hall–Kier alpha value is -2.16. The average Bonchev–Trinajstić information content (AvgIpc) is 2.34. The maximum absolute atomic E-state index is 11.7. The minimum atomic E-state index is -0.157. The zero-order valence-corrected chi connectivity index (χ0v) is 10.6. The van der Waals surface area contributed by atoms with Crippen LogP contribution in [0.1, 0.15) is 18.5 Å². The van der Waals surface area contributed by atoms with Crippen LogP contribution in [0.5, 0.6) is 0 Å². The highest BCUT2D eigenvalue weighted by molar-refractivity contribution is 5.75. The van der Waals surface area contributed by atoms with Crippen LogP contribution in [0, 0.1) is 18.3 Å². The molecule has 0 bridgehead atoms. The van der Waals surface area contributed by atoms with Crippen molar-refractivity contribution in [3.05, 3.63) is 28.4 Å². The summed E-state index contributed by atoms with van der Waals surface area (Å²) in [4.78, 5) is 28.7. The van der Waals surface area contributed by atoms with Crippen LogP contribution in [0.25, 0.3) is 0 Å². The lowest BCUT2D eigenvalue weighted by Gasteiger charge is -2.15. The number of nitrogens with zero attached hydrogens (tertiary/aromatic N) is 4. The Balaban J connectivity index is 2.52. The third-order valence-corrected chi connectivity index (χ3v) is 2.57. The normalized spacial score (nSPS) is 9.83. The summed E-state index contributed by atoms with van der Waals surface area (Å²) < 4.78 is 1.41. The van der Waals surface area contributed by atoms with Crippen LogP contribution in [-0.2, 0) is 11.3 Å². The predicted octanol–water partition coefficient (Wildman–Crippen LogP) is 0.314. The van der Waals surface area contributed by atoms with Crippen molar-refractivity contribution in [2.75, 3.05) is 13.6 Å². The first kappa shape index (κ1) is 13.9. The Morgan fingerprint density at radius 3 is 2.94 bits per heavy atom. The minimum absolute atomic E-state index is 0.0854. The smallest absolute Gasteiger partial charge is 0.253 e. The Morgan fingerprint density at radius 2 is 2.33 bits per heavy atom. The molecule has 6 heteroatoms. The SMILES string of the molecule is Cc1cc(=O)n(CCC(=O)N(C)CCC#N)cn1. The third-order valence-electron chi connectivity index (χ3n) is 2.57. The molecule has 96 valence electrons. The predicted molar refractivity (Wildman–Crippen MR) is 65.7 cm³/mol. The first-order valence-corrected chi connectivity index (χ1v) is 5.68. The van der Waals surface area contributed by atoms with E-state index < -0.39 is 0 Å². The minimum Gasteiger partial charge on any atom is -0.345 e. The highest BCUT2D eigenvalue weighted by Gasteiger charge is 2.08. The van der Waals surface area contributed by atoms with Crippen LogP contribution in [0.15, 0.2) is 17.2 Å². The molecule has 1 rings (SSSR count). The summed E-state index contributed by atoms with van der Waals surface area (Å²) in [5.74, 6) is -0.0854. The number of rotatable bonds is 5. The van der Waals surface area contributed by atoms with Gasteiger partial charge in [-0.15, -0.1) is 0 Å². The van der Waals surface area contributed by atoms with Crippen molar-refractivity contribution in [2.45, 2.75) is 26.3 Å². The lowest BCUT2D eigenvalue weighted by Crippen LogP contribution is -2.30. The van der Waals surface area contributed by atoms with Crippen LogP contribution >= 0.6 is 0 Å². The van der Waals surface area contributed by atoms with Gasteiger partial charge in [-0.05, 0) is 6.92 Å². The van der Waals surface area contributed by atoms with E-state index in [9.17, 15) is 9.59 Å². The van der Waals surface area contributed by atoms with E-state index in [1.165, 1.54) is 21.9 Å². The van der Waals surface area contributed by atoms with Gasteiger partial charge in [-0.2, -0.15) is 5.26 Å². The largest absolute Gasteiger partial charge is 0.345 e. The number of nitriles is 1. The number of aromatic nitrogens is 2. The van der Waals surface area contributed by atoms with Gasteiger partial charge in [0.1, 0.15) is 0 Å². The van der Waals surface area contributed by atoms with E-state index in [0.29, 0.717) is 25.2 Å². The van der Waals surface area contributed by atoms with Gasteiger partial charge in [0.25, 0.3) is 5.56 Å². The molecular formula is C12H16N4O2. The molecule has 0 aliphatic heterocycles. The molecule has 0 atom stereocenters. The summed E-state index contributed by atoms with van der Waals surface area (Å²) in [6.07, 6.45) is 1.99. The summed E-state index contributed by atoms with van der Waals surface area (Å²) in [5, 5.41) is 8.43. The van der Waals surface area contributed by atoms with E-state index in [1.807, 2.05) is 6.07 Å². The van der Waals surface area contributed by atoms with Crippen molar-refractivity contribution in [1.82, 2.24) is 14.5 Å². The fourth-order valence-electron chi connectivity index (χ4n) is 1.43. The van der Waals surface area contributed by atoms with E-state index in [1.54, 1.807) is 14.0 Å². The fraction of sp³-hybridized carbons (Fsp3) is 0.500. The van der Waals surface area contributed by atoms with Gasteiger partial charge < -0.3 is 4.90 Å². The molecule has 0 N–H and O–H groups in total. The van der Waals surface area contributed by atoms with E-state index in [-0.39, 0.29) is 17.9 Å². The molecule has 1 aromatic rings. The van der Waals surface area contributed by atoms with Crippen molar-refractivity contribution in [3.63, 3.8) is 0 Å². The molecular weight excluding hydrogens is 232 g/mol. The summed E-state index contributed by atoms with van der Waals surface area (Å²) in [5.41, 5.74) is 0.503. The average molecular weight is 248 g/mol. The molecule has 6 nitrogen and oxygen atoms in total. The second-order valence-corrected chi connectivity index (χ2v) is 4.04. The number of amides is 1. The van der Waals surface area contributed by atoms with Crippen molar-refractivity contribution in [3.8, 4) is 6.07 Å². The molecule has 18 heavy (non-hydrogen) atoms. The maximum atomic E-state index is 11.7. The standard InChI is InChI=1S/C12H16N4O2/c1-10-8-12(18)16(9-14-10)7-4-11(17)15(2)6-3-5-13/h8-9H,3-4,6-7H2,1-2H3. The van der Waals surface area contributed by atoms with Crippen LogP contribution < -0.4 is 5.56 Å². The Labute approximate surface area is 105 Å². The van der Waals surface area contributed by atoms with E-state index in [2.05, 4.69) is 4.98 Å². The van der Waals surface area contributed by atoms with Gasteiger partial charge in [0.05, 0.1) is 18.8 Å². The first-order valence-electron chi connectivity index (χ1n) is 5.68. The number of hydrogen-bond acceptors (Lipinski definition) is 4. The quantitative estimate of drug-likeness (QED) is 0.751. The Kier molecular flexibility index (Phi) is 5.06. The number of hydrogen-bond donors (Lipinski definition) is 0. The van der Waals surface area contributed by atoms with Gasteiger partial charge in [-0.3, -0.25) is 14.2 Å². The first-order chi connectivity index (χ1) is 8.54. The Morgan fingerprint density at radius 1 is 1.61 bits per heavy atom. The maximum Gasteiger partial charge on any atom is 0.253 e. The molecule has 0 saturated carbocycles. The van der Waals surface area contributed by atoms with Gasteiger partial charge >= 0.3 is 0 Å². The van der Waals surface area contributed by atoms with Gasteiger partial charge in [0.15, 0.2) is 0 Å². The fourth-order valence-corrected chi connectivity index (χ4v) is 1.43. The highest BCUT2D eigenvalue weighted by atomic mass is 16.2. The van der Waals surface area contributed by atoms with Gasteiger partial charge in [-0.1, -0.05) is 0 Å². The molecule has 0 aliphatic rings. The van der Waals surface area contributed by atoms with Crippen molar-refractivity contribution in [2.24, 2.45) is 0 Å². The molecule has 0 fully saturated rings. The molecule has 0 spiro atoms. The number of carbonyl (C=O) groups is 1. The topological polar surface area (TPSA) is 79.0 Å². The summed E-state index contributed by atoms with van der Waals surface area (Å²) >= 11 is 0. The summed E-state index contributed by atoms with van der Waals surface area (Å²) in [6.45, 7) is 2.46. The van der Waals surface area contributed by atoms with Gasteiger partial charge in [-0.25, -0.2) is 4.98 Å². The summed E-state index contributed by atoms with van der Waals surface area (Å²) in [6, 6.07) is 3.42. The zero-order valence-electron chi connectivity index (χ0n) is 10.6. The van der Waals surface area contributed by atoms with Crippen LogP contribution in [-0.4, -0.2) is 34.0 Å². The van der Waals surface area contributed by atoms with Crippen LogP contribution in [0.4, 0.5) is 0 Å². The number of carbonyl (C=O) groups excluding carboxylic acids is 1. The molecule has 1 heterocycles. The van der Waals surface area contributed by atoms with Gasteiger partial charge in [0, 0.05) is 38.3 Å². The third kappa shape index (κ3) is 4.01. The van der Waals surface area contributed by atoms with Crippen LogP contribution in [0.3, 0.4) is 0 Å². The molecule has 0 unspecified atom stereocenters. The monoisotopic (exact) mass is 248 g/mol. The van der Waals surface area contributed by atoms with Crippen LogP contribution in [0.2, 0.25) is 0 Å².